The van der Waals surface area contributed by atoms with Gasteiger partial charge in [0.25, 0.3) is 0 Å². The number of nitroso groups, excluding NO2 is 2. The van der Waals surface area contributed by atoms with E-state index in [1.165, 1.54) is 0 Å². The second-order valence-corrected chi connectivity index (χ2v) is 28.9. The van der Waals surface area contributed by atoms with E-state index >= 15 is 0 Å². The topological polar surface area (TPSA) is 84.6 Å². The summed E-state index contributed by atoms with van der Waals surface area (Å²) in [5.74, 6) is 0. The van der Waals surface area contributed by atoms with Gasteiger partial charge in [-0.25, -0.2) is 0 Å². The maximum atomic E-state index is 9.51. The number of nitrogens with zero attached hydrogens (tertiary/aromatic N) is 4. The fraction of sp³-hybridized carbons (Fsp3) is 0. The van der Waals surface area contributed by atoms with Gasteiger partial charge in [0, 0.05) is 12.4 Å². The molecule has 2 rings (SSSR count). The minimum Gasteiger partial charge on any atom is -0.255 e. The molecule has 0 N–H and O–H groups in total. The molecule has 0 unspecified atom stereocenters. The van der Waals surface area contributed by atoms with Gasteiger partial charge in [-0.05, 0) is 24.3 Å². The molecule has 0 saturated heterocycles. The van der Waals surface area contributed by atoms with Crippen LogP contribution in [0.4, 0.5) is 0 Å². The van der Waals surface area contributed by atoms with Gasteiger partial charge >= 0.3 is 56.3 Å². The van der Waals surface area contributed by atoms with Gasteiger partial charge in [0.15, 0.2) is 0 Å². The molecule has 2 heterocycles. The van der Waals surface area contributed by atoms with E-state index in [1.807, 2.05) is 36.4 Å². The van der Waals surface area contributed by atoms with Crippen LogP contribution in [-0.4, -0.2) is 9.97 Å². The first-order valence-corrected chi connectivity index (χ1v) is 20.3. The normalized spacial score (nSPS) is 10.8. The van der Waals surface area contributed by atoms with Gasteiger partial charge in [-0.3, -0.25) is 9.97 Å². The van der Waals surface area contributed by atoms with Crippen LogP contribution in [0, 0.1) is 9.81 Å². The first kappa shape index (κ1) is 16.2. The molecule has 9 heteroatoms. The third-order valence-corrected chi connectivity index (χ3v) is 6.93. The zero-order valence-corrected chi connectivity index (χ0v) is 15.5. The molecule has 0 aliphatic carbocycles. The summed E-state index contributed by atoms with van der Waals surface area (Å²) in [7, 11) is 0. The number of rotatable bonds is 3. The zero-order valence-electron chi connectivity index (χ0n) is 9.39. The average molecular weight is 560 g/mol. The Morgan fingerprint density at radius 3 is 1.47 bits per heavy atom. The maximum absolute atomic E-state index is 9.51. The van der Waals surface area contributed by atoms with E-state index in [0.29, 0.717) is 0 Å². The Morgan fingerprint density at radius 1 is 0.842 bits per heavy atom. The van der Waals surface area contributed by atoms with Gasteiger partial charge in [-0.2, -0.15) is 0 Å². The van der Waals surface area contributed by atoms with Crippen molar-refractivity contribution in [3.63, 3.8) is 0 Å². The molecule has 0 amide bonds. The third-order valence-electron chi connectivity index (χ3n) is 1.77. The number of aromatic nitrogens is 2. The molecule has 100 valence electrons. The summed E-state index contributed by atoms with van der Waals surface area (Å²) in [5, 5.41) is 0. The van der Waals surface area contributed by atoms with E-state index in [4.69, 9.17) is 0 Å². The second-order valence-electron chi connectivity index (χ2n) is 3.00. The molecular formula is C10H8Br2N4O2W. The van der Waals surface area contributed by atoms with Crippen LogP contribution in [0.5, 0.6) is 0 Å². The number of pyridine rings is 2. The third kappa shape index (κ3) is 6.22. The Labute approximate surface area is 126 Å². The molecule has 0 atom stereocenters. The first-order valence-electron chi connectivity index (χ1n) is 4.83. The largest absolute Gasteiger partial charge is 0.255 e. The molecule has 0 aromatic carbocycles. The monoisotopic (exact) mass is 558 g/mol. The molecular weight excluding hydrogens is 552 g/mol. The van der Waals surface area contributed by atoms with Gasteiger partial charge in [-0.15, -0.1) is 0 Å². The molecule has 0 saturated carbocycles. The van der Waals surface area contributed by atoms with Crippen molar-refractivity contribution < 1.29 is 12.4 Å². The average Bonchev–Trinajstić information content (AvgIpc) is 2.50. The van der Waals surface area contributed by atoms with E-state index in [-0.39, 0.29) is 0 Å². The Kier molecular flexibility index (Phi) is 7.12. The SMILES string of the molecule is O=[N][W]([Br])([Br])[N]=O.c1ccc(-c2ccccn2)nc1. The number of hydrogen-bond acceptors (Lipinski definition) is 6. The smallest absolute Gasteiger partial charge is 0.0886 e. The summed E-state index contributed by atoms with van der Waals surface area (Å²) >= 11 is 1.99. The molecule has 19 heavy (non-hydrogen) atoms. The van der Waals surface area contributed by atoms with E-state index in [9.17, 15) is 9.81 Å². The maximum Gasteiger partial charge on any atom is 0.0886 e. The minimum atomic E-state index is -3.50. The predicted octanol–water partition coefficient (Wildman–Crippen LogP) is 4.27. The summed E-state index contributed by atoms with van der Waals surface area (Å²) in [5.41, 5.74) is 1.83. The van der Waals surface area contributed by atoms with E-state index in [2.05, 4.69) is 44.0 Å². The van der Waals surface area contributed by atoms with Crippen LogP contribution in [0.2, 0.25) is 0 Å². The van der Waals surface area contributed by atoms with Gasteiger partial charge in [-0.1, -0.05) is 12.1 Å². The van der Waals surface area contributed by atoms with Crippen molar-refractivity contribution in [2.24, 2.45) is 7.47 Å². The van der Waals surface area contributed by atoms with Crippen molar-refractivity contribution in [1.29, 1.82) is 0 Å². The van der Waals surface area contributed by atoms with Crippen molar-refractivity contribution in [3.05, 3.63) is 58.6 Å². The number of hydrogen-bond donors (Lipinski definition) is 0. The van der Waals surface area contributed by atoms with Crippen molar-refractivity contribution in [3.8, 4) is 11.4 Å². The van der Waals surface area contributed by atoms with Gasteiger partial charge in [0.2, 0.25) is 0 Å². The van der Waals surface area contributed by atoms with Crippen molar-refractivity contribution >= 4 is 26.6 Å². The zero-order chi connectivity index (χ0) is 14.1. The Bertz CT molecular complexity index is 480. The second kappa shape index (κ2) is 8.35. The van der Waals surface area contributed by atoms with Crippen LogP contribution in [0.1, 0.15) is 0 Å². The fourth-order valence-corrected chi connectivity index (χ4v) is 1.14. The van der Waals surface area contributed by atoms with Gasteiger partial charge in [0.1, 0.15) is 0 Å². The molecule has 0 bridgehead atoms. The molecule has 0 radical (unpaired) electrons. The van der Waals surface area contributed by atoms with E-state index in [1.54, 1.807) is 12.4 Å². The number of halogens is 2. The van der Waals surface area contributed by atoms with Gasteiger partial charge < -0.3 is 0 Å². The quantitative estimate of drug-likeness (QED) is 0.526. The van der Waals surface area contributed by atoms with E-state index in [0.717, 1.165) is 11.4 Å². The van der Waals surface area contributed by atoms with Crippen LogP contribution >= 0.6 is 26.6 Å². The van der Waals surface area contributed by atoms with E-state index < -0.39 is 12.4 Å². The predicted molar refractivity (Wildman–Crippen MR) is 76.9 cm³/mol. The molecule has 6 nitrogen and oxygen atoms in total. The van der Waals surface area contributed by atoms with Crippen molar-refractivity contribution in [2.45, 2.75) is 0 Å². The Balaban J connectivity index is 0.000000224. The van der Waals surface area contributed by atoms with Crippen molar-refractivity contribution in [2.75, 3.05) is 0 Å². The van der Waals surface area contributed by atoms with Gasteiger partial charge in [0.05, 0.1) is 11.4 Å². The summed E-state index contributed by atoms with van der Waals surface area (Å²) in [6, 6.07) is 11.6. The first-order chi connectivity index (χ1) is 9.09. The van der Waals surface area contributed by atoms with Crippen LogP contribution < -0.4 is 0 Å². The van der Waals surface area contributed by atoms with Crippen LogP contribution in [0.15, 0.2) is 56.3 Å². The molecule has 2 aromatic rings. The summed E-state index contributed by atoms with van der Waals surface area (Å²) < 4.78 is 4.90. The van der Waals surface area contributed by atoms with Crippen LogP contribution in [0.3, 0.4) is 0 Å². The summed E-state index contributed by atoms with van der Waals surface area (Å²) in [6.07, 6.45) is 3.54. The van der Waals surface area contributed by atoms with Crippen LogP contribution in [-0.2, 0) is 12.4 Å². The van der Waals surface area contributed by atoms with Crippen molar-refractivity contribution in [1.82, 2.24) is 9.97 Å². The molecule has 2 aromatic heterocycles. The van der Waals surface area contributed by atoms with Crippen LogP contribution in [0.25, 0.3) is 11.4 Å². The Morgan fingerprint density at radius 2 is 1.26 bits per heavy atom. The Hall–Kier alpha value is -0.852. The standard InChI is InChI=1S/C10H8N2.2BrH.2NO.W/c1-3-7-11-9(5-1)10-6-2-4-8-12-10;;;2*1-2;/h1-8H;2*1H;;;/q;;;2*-1;+4/p-2. The molecule has 0 aliphatic heterocycles. The molecule has 0 fully saturated rings. The minimum absolute atomic E-state index is 0.915. The fourth-order valence-electron chi connectivity index (χ4n) is 1.04. The summed E-state index contributed by atoms with van der Waals surface area (Å²) in [4.78, 5) is 27.4. The molecule has 0 spiro atoms. The summed E-state index contributed by atoms with van der Waals surface area (Å²) in [6.45, 7) is 0. The molecule has 0 aliphatic rings.